The molecule has 0 unspecified atom stereocenters. The molecule has 0 aliphatic carbocycles. The first-order chi connectivity index (χ1) is 9.15. The standard InChI is InChI=1S/C16H19ClN2/c1-3-11-6-5-7-12(4-2)16(11)19-15-9-8-13(17)10-14(15)18/h5-10,19H,3-4,18H2,1-2H3. The highest BCUT2D eigenvalue weighted by molar-refractivity contribution is 6.31. The Kier molecular flexibility index (Phi) is 4.33. The molecular weight excluding hydrogens is 256 g/mol. The maximum Gasteiger partial charge on any atom is 0.0619 e. The van der Waals surface area contributed by atoms with E-state index >= 15 is 0 Å². The molecule has 2 rings (SSSR count). The highest BCUT2D eigenvalue weighted by Crippen LogP contribution is 2.30. The topological polar surface area (TPSA) is 38.0 Å². The molecule has 100 valence electrons. The number of nitrogen functional groups attached to an aromatic ring is 1. The second kappa shape index (κ2) is 5.98. The van der Waals surface area contributed by atoms with Crippen LogP contribution in [-0.2, 0) is 12.8 Å². The second-order valence-electron chi connectivity index (χ2n) is 4.51. The quantitative estimate of drug-likeness (QED) is 0.787. The Morgan fingerprint density at radius 2 is 1.68 bits per heavy atom. The number of aryl methyl sites for hydroxylation is 2. The molecule has 0 saturated carbocycles. The van der Waals surface area contributed by atoms with E-state index < -0.39 is 0 Å². The number of anilines is 3. The fraction of sp³-hybridized carbons (Fsp3) is 0.250. The first kappa shape index (κ1) is 13.8. The molecule has 0 atom stereocenters. The Labute approximate surface area is 119 Å². The number of benzene rings is 2. The molecule has 0 spiro atoms. The maximum atomic E-state index is 6.01. The summed E-state index contributed by atoms with van der Waals surface area (Å²) < 4.78 is 0. The molecule has 2 aromatic rings. The van der Waals surface area contributed by atoms with Crippen molar-refractivity contribution in [3.8, 4) is 0 Å². The Hall–Kier alpha value is -1.67. The highest BCUT2D eigenvalue weighted by atomic mass is 35.5. The third-order valence-corrected chi connectivity index (χ3v) is 3.51. The van der Waals surface area contributed by atoms with Gasteiger partial charge in [0, 0.05) is 10.7 Å². The molecule has 3 N–H and O–H groups in total. The molecule has 0 fully saturated rings. The third kappa shape index (κ3) is 3.02. The first-order valence-electron chi connectivity index (χ1n) is 6.58. The van der Waals surface area contributed by atoms with E-state index in [4.69, 9.17) is 17.3 Å². The van der Waals surface area contributed by atoms with Gasteiger partial charge in [-0.2, -0.15) is 0 Å². The van der Waals surface area contributed by atoms with Crippen molar-refractivity contribution in [3.63, 3.8) is 0 Å². The minimum absolute atomic E-state index is 0.655. The minimum atomic E-state index is 0.655. The van der Waals surface area contributed by atoms with Crippen LogP contribution in [0.25, 0.3) is 0 Å². The molecule has 0 aliphatic heterocycles. The van der Waals surface area contributed by atoms with Crippen molar-refractivity contribution >= 4 is 28.7 Å². The van der Waals surface area contributed by atoms with E-state index in [0.717, 1.165) is 18.5 Å². The molecule has 0 aromatic heterocycles. The zero-order chi connectivity index (χ0) is 13.8. The molecule has 0 bridgehead atoms. The number of hydrogen-bond acceptors (Lipinski definition) is 2. The van der Waals surface area contributed by atoms with Crippen LogP contribution in [0.3, 0.4) is 0 Å². The van der Waals surface area contributed by atoms with Gasteiger partial charge in [0.15, 0.2) is 0 Å². The Morgan fingerprint density at radius 3 is 2.21 bits per heavy atom. The lowest BCUT2D eigenvalue weighted by molar-refractivity contribution is 1.09. The van der Waals surface area contributed by atoms with Crippen molar-refractivity contribution in [1.29, 1.82) is 0 Å². The number of halogens is 1. The SMILES string of the molecule is CCc1cccc(CC)c1Nc1ccc(Cl)cc1N. The van der Waals surface area contributed by atoms with E-state index in [1.807, 2.05) is 12.1 Å². The zero-order valence-corrected chi connectivity index (χ0v) is 12.1. The molecule has 3 heteroatoms. The number of para-hydroxylation sites is 1. The van der Waals surface area contributed by atoms with Gasteiger partial charge in [0.05, 0.1) is 11.4 Å². The van der Waals surface area contributed by atoms with Crippen LogP contribution in [0.5, 0.6) is 0 Å². The fourth-order valence-corrected chi connectivity index (χ4v) is 2.37. The number of nitrogens with one attached hydrogen (secondary N) is 1. The molecule has 0 aliphatic rings. The Balaban J connectivity index is 2.42. The van der Waals surface area contributed by atoms with Crippen LogP contribution in [0.15, 0.2) is 36.4 Å². The number of nitrogens with two attached hydrogens (primary N) is 1. The van der Waals surface area contributed by atoms with Crippen molar-refractivity contribution in [2.24, 2.45) is 0 Å². The van der Waals surface area contributed by atoms with Gasteiger partial charge in [-0.3, -0.25) is 0 Å². The molecule has 0 heterocycles. The summed E-state index contributed by atoms with van der Waals surface area (Å²) in [7, 11) is 0. The number of hydrogen-bond donors (Lipinski definition) is 2. The zero-order valence-electron chi connectivity index (χ0n) is 11.3. The molecule has 0 saturated heterocycles. The van der Waals surface area contributed by atoms with Gasteiger partial charge in [-0.05, 0) is 42.2 Å². The monoisotopic (exact) mass is 274 g/mol. The van der Waals surface area contributed by atoms with Crippen LogP contribution < -0.4 is 11.1 Å². The van der Waals surface area contributed by atoms with Crippen molar-refractivity contribution in [2.45, 2.75) is 26.7 Å². The molecular formula is C16H19ClN2. The summed E-state index contributed by atoms with van der Waals surface area (Å²) in [6.45, 7) is 4.32. The lowest BCUT2D eigenvalue weighted by Gasteiger charge is -2.16. The van der Waals surface area contributed by atoms with Crippen molar-refractivity contribution < 1.29 is 0 Å². The largest absolute Gasteiger partial charge is 0.397 e. The molecule has 19 heavy (non-hydrogen) atoms. The predicted octanol–water partition coefficient (Wildman–Crippen LogP) is 4.79. The Bertz CT molecular complexity index is 557. The summed E-state index contributed by atoms with van der Waals surface area (Å²) in [6, 6.07) is 11.9. The lowest BCUT2D eigenvalue weighted by atomic mass is 10.0. The van der Waals surface area contributed by atoms with E-state index in [0.29, 0.717) is 10.7 Å². The summed E-state index contributed by atoms with van der Waals surface area (Å²) in [5.74, 6) is 0. The van der Waals surface area contributed by atoms with Gasteiger partial charge in [0.2, 0.25) is 0 Å². The van der Waals surface area contributed by atoms with E-state index in [1.54, 1.807) is 6.07 Å². The highest BCUT2D eigenvalue weighted by Gasteiger charge is 2.08. The molecule has 2 aromatic carbocycles. The lowest BCUT2D eigenvalue weighted by Crippen LogP contribution is -2.02. The van der Waals surface area contributed by atoms with E-state index in [2.05, 4.69) is 37.4 Å². The van der Waals surface area contributed by atoms with E-state index in [9.17, 15) is 0 Å². The summed E-state index contributed by atoms with van der Waals surface area (Å²) in [5.41, 5.74) is 11.3. The first-order valence-corrected chi connectivity index (χ1v) is 6.96. The van der Waals surface area contributed by atoms with Gasteiger partial charge in [-0.25, -0.2) is 0 Å². The van der Waals surface area contributed by atoms with Crippen LogP contribution in [0.2, 0.25) is 5.02 Å². The van der Waals surface area contributed by atoms with Gasteiger partial charge < -0.3 is 11.1 Å². The van der Waals surface area contributed by atoms with Gasteiger partial charge in [-0.15, -0.1) is 0 Å². The van der Waals surface area contributed by atoms with Crippen LogP contribution in [0.4, 0.5) is 17.1 Å². The minimum Gasteiger partial charge on any atom is -0.397 e. The maximum absolute atomic E-state index is 6.01. The van der Waals surface area contributed by atoms with Gasteiger partial charge >= 0.3 is 0 Å². The van der Waals surface area contributed by atoms with Crippen LogP contribution in [0, 0.1) is 0 Å². The van der Waals surface area contributed by atoms with E-state index in [1.165, 1.54) is 16.8 Å². The fourth-order valence-electron chi connectivity index (χ4n) is 2.19. The average molecular weight is 275 g/mol. The number of rotatable bonds is 4. The van der Waals surface area contributed by atoms with Crippen molar-refractivity contribution in [2.75, 3.05) is 11.1 Å². The third-order valence-electron chi connectivity index (χ3n) is 3.27. The van der Waals surface area contributed by atoms with Gasteiger partial charge in [-0.1, -0.05) is 43.6 Å². The van der Waals surface area contributed by atoms with Gasteiger partial charge in [0.1, 0.15) is 0 Å². The summed E-state index contributed by atoms with van der Waals surface area (Å²) >= 11 is 5.93. The smallest absolute Gasteiger partial charge is 0.0619 e. The van der Waals surface area contributed by atoms with E-state index in [-0.39, 0.29) is 0 Å². The average Bonchev–Trinajstić information content (AvgIpc) is 2.42. The normalized spacial score (nSPS) is 10.5. The molecule has 0 radical (unpaired) electrons. The van der Waals surface area contributed by atoms with Crippen LogP contribution in [-0.4, -0.2) is 0 Å². The second-order valence-corrected chi connectivity index (χ2v) is 4.95. The summed E-state index contributed by atoms with van der Waals surface area (Å²) in [4.78, 5) is 0. The molecule has 2 nitrogen and oxygen atoms in total. The van der Waals surface area contributed by atoms with Crippen molar-refractivity contribution in [1.82, 2.24) is 0 Å². The predicted molar refractivity (Wildman–Crippen MR) is 84.3 cm³/mol. The van der Waals surface area contributed by atoms with Crippen LogP contribution in [0.1, 0.15) is 25.0 Å². The molecule has 0 amide bonds. The Morgan fingerprint density at radius 1 is 1.05 bits per heavy atom. The summed E-state index contributed by atoms with van der Waals surface area (Å²) in [5, 5.41) is 4.11. The summed E-state index contributed by atoms with van der Waals surface area (Å²) in [6.07, 6.45) is 1.98. The van der Waals surface area contributed by atoms with Crippen molar-refractivity contribution in [3.05, 3.63) is 52.5 Å². The van der Waals surface area contributed by atoms with Crippen LogP contribution >= 0.6 is 11.6 Å². The van der Waals surface area contributed by atoms with Gasteiger partial charge in [0.25, 0.3) is 0 Å².